The molecule has 0 aliphatic rings. The molecule has 0 heterocycles. The first-order chi connectivity index (χ1) is 7.43. The van der Waals surface area contributed by atoms with Crippen LogP contribution in [0.15, 0.2) is 30.3 Å². The third-order valence-electron chi connectivity index (χ3n) is 1.94. The van der Waals surface area contributed by atoms with Gasteiger partial charge in [-0.25, -0.2) is 0 Å². The highest BCUT2D eigenvalue weighted by Gasteiger charge is 1.92. The van der Waals surface area contributed by atoms with Gasteiger partial charge < -0.3 is 9.47 Å². The lowest BCUT2D eigenvalue weighted by atomic mass is 10.3. The van der Waals surface area contributed by atoms with Gasteiger partial charge in [0.1, 0.15) is 12.4 Å². The highest BCUT2D eigenvalue weighted by Crippen LogP contribution is 2.07. The molecule has 15 heavy (non-hydrogen) atoms. The fourth-order valence-corrected chi connectivity index (χ4v) is 1.38. The molecule has 1 aromatic carbocycles. The Balaban J connectivity index is 1.93. The number of thiol groups is 1. The van der Waals surface area contributed by atoms with E-state index >= 15 is 0 Å². The molecule has 0 aromatic heterocycles. The number of benzene rings is 1. The van der Waals surface area contributed by atoms with E-state index in [0.29, 0.717) is 13.2 Å². The lowest BCUT2D eigenvalue weighted by Crippen LogP contribution is -2.07. The summed E-state index contributed by atoms with van der Waals surface area (Å²) >= 11 is 4.13. The summed E-state index contributed by atoms with van der Waals surface area (Å²) in [7, 11) is 0. The van der Waals surface area contributed by atoms with Gasteiger partial charge in [0.25, 0.3) is 0 Å². The molecule has 0 saturated heterocycles. The van der Waals surface area contributed by atoms with Crippen molar-refractivity contribution < 1.29 is 9.47 Å². The summed E-state index contributed by atoms with van der Waals surface area (Å²) in [6, 6.07) is 9.79. The molecule has 0 amide bonds. The smallest absolute Gasteiger partial charge is 0.119 e. The lowest BCUT2D eigenvalue weighted by molar-refractivity contribution is 0.0982. The Morgan fingerprint density at radius 1 is 0.933 bits per heavy atom. The van der Waals surface area contributed by atoms with Crippen LogP contribution in [-0.4, -0.2) is 25.6 Å². The van der Waals surface area contributed by atoms with Gasteiger partial charge in [-0.2, -0.15) is 12.6 Å². The van der Waals surface area contributed by atoms with Crippen molar-refractivity contribution in [3.63, 3.8) is 0 Å². The Bertz CT molecular complexity index is 239. The van der Waals surface area contributed by atoms with Crippen molar-refractivity contribution in [1.82, 2.24) is 0 Å². The van der Waals surface area contributed by atoms with Crippen molar-refractivity contribution in [3.8, 4) is 5.75 Å². The van der Waals surface area contributed by atoms with Crippen molar-refractivity contribution >= 4 is 12.6 Å². The van der Waals surface area contributed by atoms with E-state index in [1.807, 2.05) is 30.3 Å². The second kappa shape index (κ2) is 8.62. The van der Waals surface area contributed by atoms with E-state index in [4.69, 9.17) is 9.47 Å². The van der Waals surface area contributed by atoms with Gasteiger partial charge in [0.15, 0.2) is 0 Å². The number of ether oxygens (including phenoxy) is 2. The second-order valence-electron chi connectivity index (χ2n) is 3.20. The van der Waals surface area contributed by atoms with Gasteiger partial charge >= 0.3 is 0 Å². The van der Waals surface area contributed by atoms with E-state index in [-0.39, 0.29) is 0 Å². The molecule has 0 radical (unpaired) electrons. The lowest BCUT2D eigenvalue weighted by Gasteiger charge is -2.06. The minimum absolute atomic E-state index is 0.616. The van der Waals surface area contributed by atoms with E-state index < -0.39 is 0 Å². The first kappa shape index (κ1) is 12.4. The fourth-order valence-electron chi connectivity index (χ4n) is 1.15. The summed E-state index contributed by atoms with van der Waals surface area (Å²) in [5.74, 6) is 1.83. The number of para-hydroxylation sites is 1. The van der Waals surface area contributed by atoms with E-state index in [2.05, 4.69) is 12.6 Å². The van der Waals surface area contributed by atoms with Crippen LogP contribution >= 0.6 is 12.6 Å². The molecule has 0 fully saturated rings. The normalized spacial score (nSPS) is 10.2. The van der Waals surface area contributed by atoms with Crippen LogP contribution in [0.4, 0.5) is 0 Å². The van der Waals surface area contributed by atoms with E-state index in [1.54, 1.807) is 0 Å². The number of unbranched alkanes of at least 4 members (excludes halogenated alkanes) is 1. The maximum absolute atomic E-state index is 5.47. The molecule has 0 atom stereocenters. The van der Waals surface area contributed by atoms with E-state index in [9.17, 15) is 0 Å². The molecule has 0 saturated carbocycles. The van der Waals surface area contributed by atoms with Gasteiger partial charge in [0.05, 0.1) is 6.61 Å². The molecule has 0 N–H and O–H groups in total. The summed E-state index contributed by atoms with van der Waals surface area (Å²) in [5, 5.41) is 0. The fraction of sp³-hybridized carbons (Fsp3) is 0.500. The Labute approximate surface area is 97.0 Å². The number of hydrogen-bond acceptors (Lipinski definition) is 3. The zero-order valence-corrected chi connectivity index (χ0v) is 9.79. The topological polar surface area (TPSA) is 18.5 Å². The van der Waals surface area contributed by atoms with Gasteiger partial charge in [-0.1, -0.05) is 18.2 Å². The average Bonchev–Trinajstić information content (AvgIpc) is 2.29. The van der Waals surface area contributed by atoms with Crippen LogP contribution in [0.25, 0.3) is 0 Å². The van der Waals surface area contributed by atoms with Crippen LogP contribution in [0.2, 0.25) is 0 Å². The first-order valence-corrected chi connectivity index (χ1v) is 5.93. The summed E-state index contributed by atoms with van der Waals surface area (Å²) in [6.45, 7) is 2.07. The van der Waals surface area contributed by atoms with Crippen molar-refractivity contribution in [2.24, 2.45) is 0 Å². The molecular formula is C12H18O2S. The largest absolute Gasteiger partial charge is 0.491 e. The summed E-state index contributed by atoms with van der Waals surface area (Å²) < 4.78 is 10.9. The molecule has 0 unspecified atom stereocenters. The SMILES string of the molecule is SCCCCOCCOc1ccccc1. The quantitative estimate of drug-likeness (QED) is 0.543. The minimum Gasteiger partial charge on any atom is -0.491 e. The Kier molecular flexibility index (Phi) is 7.13. The second-order valence-corrected chi connectivity index (χ2v) is 3.65. The van der Waals surface area contributed by atoms with Crippen LogP contribution in [0.5, 0.6) is 5.75 Å². The predicted octanol–water partition coefficient (Wildman–Crippen LogP) is 2.79. The molecular weight excluding hydrogens is 208 g/mol. The van der Waals surface area contributed by atoms with Crippen molar-refractivity contribution in [1.29, 1.82) is 0 Å². The highest BCUT2D eigenvalue weighted by molar-refractivity contribution is 7.80. The Hall–Kier alpha value is -0.670. The van der Waals surface area contributed by atoms with Crippen LogP contribution in [0.1, 0.15) is 12.8 Å². The molecule has 0 spiro atoms. The van der Waals surface area contributed by atoms with Gasteiger partial charge in [0.2, 0.25) is 0 Å². The molecule has 2 nitrogen and oxygen atoms in total. The van der Waals surface area contributed by atoms with E-state index in [0.717, 1.165) is 31.0 Å². The van der Waals surface area contributed by atoms with Gasteiger partial charge in [-0.05, 0) is 30.7 Å². The predicted molar refractivity (Wildman–Crippen MR) is 65.8 cm³/mol. The monoisotopic (exact) mass is 226 g/mol. The van der Waals surface area contributed by atoms with Crippen LogP contribution in [0, 0.1) is 0 Å². The van der Waals surface area contributed by atoms with Crippen LogP contribution in [0.3, 0.4) is 0 Å². The molecule has 0 aliphatic carbocycles. The van der Waals surface area contributed by atoms with Crippen LogP contribution in [-0.2, 0) is 4.74 Å². The minimum atomic E-state index is 0.616. The number of rotatable bonds is 8. The summed E-state index contributed by atoms with van der Waals surface area (Å²) in [4.78, 5) is 0. The Morgan fingerprint density at radius 2 is 1.73 bits per heavy atom. The van der Waals surface area contributed by atoms with Crippen molar-refractivity contribution in [3.05, 3.63) is 30.3 Å². The zero-order chi connectivity index (χ0) is 10.8. The number of hydrogen-bond donors (Lipinski definition) is 1. The third-order valence-corrected chi connectivity index (χ3v) is 2.25. The molecule has 1 rings (SSSR count). The maximum Gasteiger partial charge on any atom is 0.119 e. The Morgan fingerprint density at radius 3 is 2.47 bits per heavy atom. The van der Waals surface area contributed by atoms with Crippen LogP contribution < -0.4 is 4.74 Å². The standard InChI is InChI=1S/C12H18O2S/c15-11-5-4-8-13-9-10-14-12-6-2-1-3-7-12/h1-3,6-7,15H,4-5,8-11H2. The average molecular weight is 226 g/mol. The maximum atomic E-state index is 5.47. The van der Waals surface area contributed by atoms with Gasteiger partial charge in [-0.3, -0.25) is 0 Å². The highest BCUT2D eigenvalue weighted by atomic mass is 32.1. The van der Waals surface area contributed by atoms with Gasteiger partial charge in [0, 0.05) is 6.61 Å². The van der Waals surface area contributed by atoms with Crippen molar-refractivity contribution in [2.45, 2.75) is 12.8 Å². The van der Waals surface area contributed by atoms with Crippen molar-refractivity contribution in [2.75, 3.05) is 25.6 Å². The molecule has 0 bridgehead atoms. The molecule has 84 valence electrons. The first-order valence-electron chi connectivity index (χ1n) is 5.30. The summed E-state index contributed by atoms with van der Waals surface area (Å²) in [6.07, 6.45) is 2.19. The molecule has 3 heteroatoms. The third kappa shape index (κ3) is 6.42. The summed E-state index contributed by atoms with van der Waals surface area (Å²) in [5.41, 5.74) is 0. The van der Waals surface area contributed by atoms with E-state index in [1.165, 1.54) is 0 Å². The molecule has 1 aromatic rings. The molecule has 0 aliphatic heterocycles. The van der Waals surface area contributed by atoms with Gasteiger partial charge in [-0.15, -0.1) is 0 Å². The zero-order valence-electron chi connectivity index (χ0n) is 8.89.